The molecule has 0 radical (unpaired) electrons. The molecule has 0 fully saturated rings. The number of rotatable bonds is 3. The van der Waals surface area contributed by atoms with Crippen LogP contribution < -0.4 is 9.46 Å². The lowest BCUT2D eigenvalue weighted by Gasteiger charge is -2.19. The molecule has 4 heteroatoms. The molecule has 0 aliphatic rings. The number of para-hydroxylation sites is 2. The van der Waals surface area contributed by atoms with Crippen LogP contribution in [0.25, 0.3) is 0 Å². The second-order valence-corrected chi connectivity index (χ2v) is 6.15. The molecular weight excluding hydrogens is 210 g/mol. The van der Waals surface area contributed by atoms with Crippen molar-refractivity contribution in [2.24, 2.45) is 0 Å². The van der Waals surface area contributed by atoms with Gasteiger partial charge in [-0.3, -0.25) is 0 Å². The molecule has 0 saturated carbocycles. The Bertz CT molecular complexity index is 358. The summed E-state index contributed by atoms with van der Waals surface area (Å²) in [5.41, 5.74) is 0.758. The average molecular weight is 227 g/mol. The number of ether oxygens (including phenoxy) is 1. The van der Waals surface area contributed by atoms with Crippen LogP contribution in [0.5, 0.6) is 5.75 Å². The Balaban J connectivity index is 2.85. The minimum atomic E-state index is -1.13. The summed E-state index contributed by atoms with van der Waals surface area (Å²) in [6.45, 7) is 5.77. The molecule has 0 aliphatic carbocycles. The van der Waals surface area contributed by atoms with E-state index in [9.17, 15) is 4.21 Å². The van der Waals surface area contributed by atoms with Crippen molar-refractivity contribution in [1.29, 1.82) is 0 Å². The van der Waals surface area contributed by atoms with Crippen LogP contribution in [0.2, 0.25) is 0 Å². The van der Waals surface area contributed by atoms with Crippen LogP contribution in [0, 0.1) is 0 Å². The molecule has 84 valence electrons. The van der Waals surface area contributed by atoms with Gasteiger partial charge < -0.3 is 9.46 Å². The van der Waals surface area contributed by atoms with Crippen molar-refractivity contribution >= 4 is 16.7 Å². The van der Waals surface area contributed by atoms with Gasteiger partial charge >= 0.3 is 0 Å². The molecule has 0 aliphatic heterocycles. The molecular formula is C11H17NO2S. The fourth-order valence-corrected chi connectivity index (χ4v) is 1.66. The molecule has 0 aromatic heterocycles. The van der Waals surface area contributed by atoms with Gasteiger partial charge in [-0.15, -0.1) is 0 Å². The van der Waals surface area contributed by atoms with Gasteiger partial charge in [0.2, 0.25) is 0 Å². The summed E-state index contributed by atoms with van der Waals surface area (Å²) < 4.78 is 19.7. The summed E-state index contributed by atoms with van der Waals surface area (Å²) in [6.07, 6.45) is 0. The van der Waals surface area contributed by atoms with Crippen molar-refractivity contribution in [3.8, 4) is 5.75 Å². The quantitative estimate of drug-likeness (QED) is 0.862. The zero-order valence-electron chi connectivity index (χ0n) is 9.53. The molecule has 1 atom stereocenters. The highest BCUT2D eigenvalue weighted by molar-refractivity contribution is 7.87. The fourth-order valence-electron chi connectivity index (χ4n) is 0.982. The van der Waals surface area contributed by atoms with E-state index >= 15 is 0 Å². The maximum Gasteiger partial charge on any atom is 0.142 e. The van der Waals surface area contributed by atoms with Crippen molar-refractivity contribution in [1.82, 2.24) is 0 Å². The van der Waals surface area contributed by atoms with Gasteiger partial charge in [-0.05, 0) is 32.9 Å². The first kappa shape index (κ1) is 12.0. The molecule has 1 aromatic carbocycles. The Kier molecular flexibility index (Phi) is 3.74. The van der Waals surface area contributed by atoms with E-state index < -0.39 is 11.0 Å². The smallest absolute Gasteiger partial charge is 0.142 e. The van der Waals surface area contributed by atoms with E-state index in [0.29, 0.717) is 5.75 Å². The molecule has 3 nitrogen and oxygen atoms in total. The SMILES string of the molecule is COc1ccccc1NS(=O)C(C)(C)C. The highest BCUT2D eigenvalue weighted by atomic mass is 32.2. The minimum Gasteiger partial charge on any atom is -0.495 e. The van der Waals surface area contributed by atoms with Gasteiger partial charge in [-0.25, -0.2) is 4.21 Å². The monoisotopic (exact) mass is 227 g/mol. The topological polar surface area (TPSA) is 38.3 Å². The third kappa shape index (κ3) is 3.23. The molecule has 1 N–H and O–H groups in total. The first-order valence-corrected chi connectivity index (χ1v) is 5.91. The zero-order valence-corrected chi connectivity index (χ0v) is 10.4. The number of anilines is 1. The highest BCUT2D eigenvalue weighted by Gasteiger charge is 2.20. The first-order chi connectivity index (χ1) is 6.95. The Morgan fingerprint density at radius 2 is 1.87 bits per heavy atom. The minimum absolute atomic E-state index is 0.291. The van der Waals surface area contributed by atoms with Crippen molar-refractivity contribution < 1.29 is 8.95 Å². The summed E-state index contributed by atoms with van der Waals surface area (Å²) in [7, 11) is 0.468. The Morgan fingerprint density at radius 3 is 2.40 bits per heavy atom. The molecule has 1 aromatic rings. The largest absolute Gasteiger partial charge is 0.495 e. The van der Waals surface area contributed by atoms with Crippen LogP contribution in [0.3, 0.4) is 0 Å². The maximum absolute atomic E-state index is 11.8. The van der Waals surface area contributed by atoms with Crippen LogP contribution in [-0.2, 0) is 11.0 Å². The molecule has 15 heavy (non-hydrogen) atoms. The van der Waals surface area contributed by atoms with Gasteiger partial charge in [0.15, 0.2) is 0 Å². The predicted octanol–water partition coefficient (Wildman–Crippen LogP) is 2.57. The fraction of sp³-hybridized carbons (Fsp3) is 0.455. The number of nitrogens with one attached hydrogen (secondary N) is 1. The van der Waals surface area contributed by atoms with Gasteiger partial charge in [0.25, 0.3) is 0 Å². The van der Waals surface area contributed by atoms with Gasteiger partial charge in [0.05, 0.1) is 17.5 Å². The Labute approximate surface area is 93.4 Å². The highest BCUT2D eigenvalue weighted by Crippen LogP contribution is 2.25. The molecule has 0 amide bonds. The van der Waals surface area contributed by atoms with E-state index in [1.54, 1.807) is 7.11 Å². The van der Waals surface area contributed by atoms with E-state index in [4.69, 9.17) is 4.74 Å². The number of hydrogen-bond donors (Lipinski definition) is 1. The summed E-state index contributed by atoms with van der Waals surface area (Å²) >= 11 is 0. The van der Waals surface area contributed by atoms with E-state index in [-0.39, 0.29) is 4.75 Å². The maximum atomic E-state index is 11.8. The lowest BCUT2D eigenvalue weighted by Crippen LogP contribution is -2.27. The lowest BCUT2D eigenvalue weighted by atomic mass is 10.3. The van der Waals surface area contributed by atoms with E-state index in [1.807, 2.05) is 45.0 Å². The molecule has 1 unspecified atom stereocenters. The van der Waals surface area contributed by atoms with Crippen molar-refractivity contribution in [3.63, 3.8) is 0 Å². The molecule has 0 spiro atoms. The van der Waals surface area contributed by atoms with Crippen LogP contribution in [-0.4, -0.2) is 16.1 Å². The van der Waals surface area contributed by atoms with Crippen LogP contribution in [0.4, 0.5) is 5.69 Å². The van der Waals surface area contributed by atoms with Gasteiger partial charge in [0.1, 0.15) is 16.7 Å². The van der Waals surface area contributed by atoms with E-state index in [2.05, 4.69) is 4.72 Å². The third-order valence-corrected chi connectivity index (χ3v) is 3.38. The first-order valence-electron chi connectivity index (χ1n) is 4.76. The van der Waals surface area contributed by atoms with Crippen molar-refractivity contribution in [3.05, 3.63) is 24.3 Å². The van der Waals surface area contributed by atoms with Crippen molar-refractivity contribution in [2.75, 3.05) is 11.8 Å². The molecule has 1 rings (SSSR count). The summed E-state index contributed by atoms with van der Waals surface area (Å²) in [4.78, 5) is 0. The van der Waals surface area contributed by atoms with E-state index in [1.165, 1.54) is 0 Å². The summed E-state index contributed by atoms with van der Waals surface area (Å²) in [6, 6.07) is 7.44. The zero-order chi connectivity index (χ0) is 11.5. The number of benzene rings is 1. The van der Waals surface area contributed by atoms with Crippen LogP contribution >= 0.6 is 0 Å². The van der Waals surface area contributed by atoms with Crippen molar-refractivity contribution in [2.45, 2.75) is 25.5 Å². The van der Waals surface area contributed by atoms with Crippen LogP contribution in [0.15, 0.2) is 24.3 Å². The van der Waals surface area contributed by atoms with Crippen LogP contribution in [0.1, 0.15) is 20.8 Å². The van der Waals surface area contributed by atoms with Gasteiger partial charge in [-0.2, -0.15) is 0 Å². The number of hydrogen-bond acceptors (Lipinski definition) is 2. The Hall–Kier alpha value is -1.03. The second kappa shape index (κ2) is 4.66. The predicted molar refractivity (Wildman–Crippen MR) is 64.5 cm³/mol. The molecule has 0 bridgehead atoms. The summed E-state index contributed by atoms with van der Waals surface area (Å²) in [5, 5.41) is 0. The van der Waals surface area contributed by atoms with E-state index in [0.717, 1.165) is 5.69 Å². The molecule has 0 heterocycles. The molecule has 0 saturated heterocycles. The number of methoxy groups -OCH3 is 1. The van der Waals surface area contributed by atoms with Gasteiger partial charge in [-0.1, -0.05) is 12.1 Å². The standard InChI is InChI=1S/C11H17NO2S/c1-11(2,3)15(13)12-9-7-5-6-8-10(9)14-4/h5-8,12H,1-4H3. The lowest BCUT2D eigenvalue weighted by molar-refractivity contribution is 0.417. The summed E-state index contributed by atoms with van der Waals surface area (Å²) in [5.74, 6) is 0.704. The Morgan fingerprint density at radius 1 is 1.27 bits per heavy atom. The second-order valence-electron chi connectivity index (χ2n) is 4.18. The normalized spacial score (nSPS) is 13.3. The average Bonchev–Trinajstić information content (AvgIpc) is 2.17. The van der Waals surface area contributed by atoms with Gasteiger partial charge in [0, 0.05) is 0 Å². The third-order valence-electron chi connectivity index (χ3n) is 1.87.